The molecular formula is C21H21ClFN3O2. The van der Waals surface area contributed by atoms with Crippen LogP contribution in [0.1, 0.15) is 18.9 Å². The third-order valence-corrected chi connectivity index (χ3v) is 5.62. The Bertz CT molecular complexity index is 936. The molecule has 7 heteroatoms. The van der Waals surface area contributed by atoms with Gasteiger partial charge in [0.1, 0.15) is 12.4 Å². The minimum atomic E-state index is -0.299. The van der Waals surface area contributed by atoms with Crippen LogP contribution in [-0.4, -0.2) is 42.5 Å². The lowest BCUT2D eigenvalue weighted by atomic mass is 9.96. The monoisotopic (exact) mass is 401 g/mol. The molecule has 28 heavy (non-hydrogen) atoms. The Morgan fingerprint density at radius 1 is 1.21 bits per heavy atom. The molecule has 2 aromatic rings. The molecule has 5 nitrogen and oxygen atoms in total. The highest BCUT2D eigenvalue weighted by Gasteiger charge is 2.34. The summed E-state index contributed by atoms with van der Waals surface area (Å²) in [4.78, 5) is 30.7. The van der Waals surface area contributed by atoms with E-state index in [-0.39, 0.29) is 30.3 Å². The van der Waals surface area contributed by atoms with E-state index in [1.807, 2.05) is 13.0 Å². The zero-order chi connectivity index (χ0) is 19.8. The van der Waals surface area contributed by atoms with Crippen LogP contribution < -0.4 is 9.80 Å². The molecule has 0 unspecified atom stereocenters. The molecular weight excluding hydrogens is 381 g/mol. The maximum absolute atomic E-state index is 13.6. The van der Waals surface area contributed by atoms with Gasteiger partial charge in [0.15, 0.2) is 0 Å². The molecule has 4 rings (SSSR count). The summed E-state index contributed by atoms with van der Waals surface area (Å²) in [6, 6.07) is 11.4. The second kappa shape index (κ2) is 7.43. The molecule has 1 fully saturated rings. The van der Waals surface area contributed by atoms with Crippen molar-refractivity contribution >= 4 is 34.9 Å². The number of aryl methyl sites for hydroxylation is 1. The number of carbonyl (C=O) groups is 2. The van der Waals surface area contributed by atoms with E-state index in [1.54, 1.807) is 39.0 Å². The Balaban J connectivity index is 1.51. The molecule has 0 N–H and O–H groups in total. The molecule has 0 spiro atoms. The van der Waals surface area contributed by atoms with Crippen LogP contribution in [0.3, 0.4) is 0 Å². The Morgan fingerprint density at radius 3 is 2.82 bits per heavy atom. The van der Waals surface area contributed by atoms with Gasteiger partial charge in [-0.3, -0.25) is 9.69 Å². The number of nitrogens with zero attached hydrogens (tertiary/aromatic N) is 3. The van der Waals surface area contributed by atoms with Crippen molar-refractivity contribution in [3.05, 3.63) is 58.9 Å². The fourth-order valence-corrected chi connectivity index (χ4v) is 4.14. The number of anilines is 2. The predicted octanol–water partition coefficient (Wildman–Crippen LogP) is 4.09. The first-order valence-corrected chi connectivity index (χ1v) is 9.74. The van der Waals surface area contributed by atoms with Crippen LogP contribution in [0.15, 0.2) is 42.5 Å². The van der Waals surface area contributed by atoms with E-state index < -0.39 is 0 Å². The third kappa shape index (κ3) is 3.44. The van der Waals surface area contributed by atoms with Gasteiger partial charge in [-0.05, 0) is 61.7 Å². The second-order valence-electron chi connectivity index (χ2n) is 7.26. The van der Waals surface area contributed by atoms with Crippen molar-refractivity contribution < 1.29 is 14.0 Å². The summed E-state index contributed by atoms with van der Waals surface area (Å²) in [6.45, 7) is 2.95. The number of hydrogen-bond donors (Lipinski definition) is 0. The fourth-order valence-electron chi connectivity index (χ4n) is 3.95. The van der Waals surface area contributed by atoms with Crippen LogP contribution in [-0.2, 0) is 11.2 Å². The summed E-state index contributed by atoms with van der Waals surface area (Å²) in [6.07, 6.45) is 1.51. The van der Waals surface area contributed by atoms with Gasteiger partial charge < -0.3 is 9.80 Å². The molecule has 3 amide bonds. The first-order valence-electron chi connectivity index (χ1n) is 9.36. The predicted molar refractivity (Wildman–Crippen MR) is 107 cm³/mol. The number of halogens is 2. The van der Waals surface area contributed by atoms with Crippen LogP contribution >= 0.6 is 11.6 Å². The Hall–Kier alpha value is -2.60. The van der Waals surface area contributed by atoms with E-state index >= 15 is 0 Å². The average molecular weight is 402 g/mol. The Morgan fingerprint density at radius 2 is 2.04 bits per heavy atom. The Kier molecular flexibility index (Phi) is 4.98. The smallest absolute Gasteiger partial charge is 0.313 e. The molecule has 1 saturated heterocycles. The number of urea groups is 1. The van der Waals surface area contributed by atoms with Crippen LogP contribution in [0.25, 0.3) is 0 Å². The minimum Gasteiger partial charge on any atom is -0.313 e. The average Bonchev–Trinajstić information content (AvgIpc) is 3.02. The summed E-state index contributed by atoms with van der Waals surface area (Å²) >= 11 is 6.03. The van der Waals surface area contributed by atoms with Crippen molar-refractivity contribution in [2.45, 2.75) is 25.8 Å². The number of hydrogen-bond acceptors (Lipinski definition) is 2. The quantitative estimate of drug-likeness (QED) is 0.777. The van der Waals surface area contributed by atoms with Crippen LogP contribution in [0, 0.1) is 5.82 Å². The number of benzene rings is 2. The van der Waals surface area contributed by atoms with E-state index in [9.17, 15) is 14.0 Å². The normalized spacial score (nSPS) is 19.2. The molecule has 2 aliphatic rings. The van der Waals surface area contributed by atoms with Crippen LogP contribution in [0.4, 0.5) is 20.6 Å². The summed E-state index contributed by atoms with van der Waals surface area (Å²) in [7, 11) is 0. The lowest BCUT2D eigenvalue weighted by Crippen LogP contribution is -2.48. The molecule has 0 radical (unpaired) electrons. The lowest BCUT2D eigenvalue weighted by molar-refractivity contribution is -0.119. The molecule has 0 bridgehead atoms. The summed E-state index contributed by atoms with van der Waals surface area (Å²) in [5.74, 6) is -0.450. The molecule has 2 aromatic carbocycles. The maximum Gasteiger partial charge on any atom is 0.325 e. The summed E-state index contributed by atoms with van der Waals surface area (Å²) < 4.78 is 13.6. The van der Waals surface area contributed by atoms with Gasteiger partial charge >= 0.3 is 6.03 Å². The molecule has 2 heterocycles. The molecule has 146 valence electrons. The standard InChI is InChI=1S/C21H21ClFN3O2/c1-14-5-6-15-11-17(23)7-8-19(15)26(14)20(27)13-24-9-10-25(21(24)28)18-4-2-3-16(22)12-18/h2-4,7-8,11-12,14H,5-6,9-10,13H2,1H3/t14-/m1/s1. The van der Waals surface area contributed by atoms with Gasteiger partial charge in [0.2, 0.25) is 5.91 Å². The SMILES string of the molecule is C[C@@H]1CCc2cc(F)ccc2N1C(=O)CN1CCN(c2cccc(Cl)c2)C1=O. The van der Waals surface area contributed by atoms with E-state index in [4.69, 9.17) is 11.6 Å². The van der Waals surface area contributed by atoms with Crippen molar-refractivity contribution in [3.8, 4) is 0 Å². The molecule has 1 atom stereocenters. The first kappa shape index (κ1) is 18.7. The first-order chi connectivity index (χ1) is 13.4. The summed E-state index contributed by atoms with van der Waals surface area (Å²) in [5, 5.41) is 0.561. The summed E-state index contributed by atoms with van der Waals surface area (Å²) in [5.41, 5.74) is 2.29. The van der Waals surface area contributed by atoms with E-state index in [1.165, 1.54) is 12.1 Å². The van der Waals surface area contributed by atoms with Gasteiger partial charge in [-0.2, -0.15) is 0 Å². The highest BCUT2D eigenvalue weighted by Crippen LogP contribution is 2.32. The van der Waals surface area contributed by atoms with Gasteiger partial charge in [-0.25, -0.2) is 9.18 Å². The number of fused-ring (bicyclic) bond motifs is 1. The van der Waals surface area contributed by atoms with Gasteiger partial charge in [0.25, 0.3) is 0 Å². The second-order valence-corrected chi connectivity index (χ2v) is 7.70. The van der Waals surface area contributed by atoms with Gasteiger partial charge in [-0.1, -0.05) is 17.7 Å². The molecule has 2 aliphatic heterocycles. The highest BCUT2D eigenvalue weighted by atomic mass is 35.5. The van der Waals surface area contributed by atoms with Gasteiger partial charge in [0, 0.05) is 35.5 Å². The Labute approximate surface area is 168 Å². The highest BCUT2D eigenvalue weighted by molar-refractivity contribution is 6.30. The van der Waals surface area contributed by atoms with Crippen LogP contribution in [0.2, 0.25) is 5.02 Å². The fraction of sp³-hybridized carbons (Fsp3) is 0.333. The van der Waals surface area contributed by atoms with Gasteiger partial charge in [0.05, 0.1) is 0 Å². The number of amides is 3. The van der Waals surface area contributed by atoms with Crippen LogP contribution in [0.5, 0.6) is 0 Å². The maximum atomic E-state index is 13.6. The van der Waals surface area contributed by atoms with E-state index in [0.29, 0.717) is 18.1 Å². The number of carbonyl (C=O) groups excluding carboxylic acids is 2. The zero-order valence-electron chi connectivity index (χ0n) is 15.6. The largest absolute Gasteiger partial charge is 0.325 e. The molecule has 0 aliphatic carbocycles. The van der Waals surface area contributed by atoms with Crippen molar-refractivity contribution in [1.29, 1.82) is 0 Å². The van der Waals surface area contributed by atoms with Crippen molar-refractivity contribution in [3.63, 3.8) is 0 Å². The van der Waals surface area contributed by atoms with Crippen molar-refractivity contribution in [2.75, 3.05) is 29.4 Å². The zero-order valence-corrected chi connectivity index (χ0v) is 16.3. The molecule has 0 saturated carbocycles. The van der Waals surface area contributed by atoms with E-state index in [2.05, 4.69) is 0 Å². The topological polar surface area (TPSA) is 43.9 Å². The third-order valence-electron chi connectivity index (χ3n) is 5.38. The van der Waals surface area contributed by atoms with Gasteiger partial charge in [-0.15, -0.1) is 0 Å². The van der Waals surface area contributed by atoms with Crippen molar-refractivity contribution in [1.82, 2.24) is 4.90 Å². The molecule has 0 aromatic heterocycles. The minimum absolute atomic E-state index is 0.00292. The lowest BCUT2D eigenvalue weighted by Gasteiger charge is -2.36. The van der Waals surface area contributed by atoms with Crippen molar-refractivity contribution in [2.24, 2.45) is 0 Å². The number of rotatable bonds is 3. The van der Waals surface area contributed by atoms with E-state index in [0.717, 1.165) is 29.8 Å².